The van der Waals surface area contributed by atoms with Crippen molar-refractivity contribution in [1.29, 1.82) is 0 Å². The summed E-state index contributed by atoms with van der Waals surface area (Å²) < 4.78 is 0. The Morgan fingerprint density at radius 1 is 1.08 bits per heavy atom. The lowest BCUT2D eigenvalue weighted by Crippen LogP contribution is -2.26. The molecule has 4 nitrogen and oxygen atoms in total. The second-order valence-electron chi connectivity index (χ2n) is 6.63. The molecule has 1 fully saturated rings. The van der Waals surface area contributed by atoms with Crippen molar-refractivity contribution in [3.8, 4) is 0 Å². The molecule has 24 heavy (non-hydrogen) atoms. The van der Waals surface area contributed by atoms with Gasteiger partial charge in [-0.15, -0.1) is 0 Å². The van der Waals surface area contributed by atoms with Crippen LogP contribution < -0.4 is 4.90 Å². The van der Waals surface area contributed by atoms with Gasteiger partial charge in [0.15, 0.2) is 0 Å². The monoisotopic (exact) mass is 323 g/mol. The van der Waals surface area contributed by atoms with Crippen LogP contribution in [0.15, 0.2) is 48.7 Å². The van der Waals surface area contributed by atoms with Gasteiger partial charge in [0, 0.05) is 33.4 Å². The van der Waals surface area contributed by atoms with Crippen LogP contribution >= 0.6 is 0 Å². The van der Waals surface area contributed by atoms with Gasteiger partial charge >= 0.3 is 0 Å². The Bertz CT molecular complexity index is 667. The predicted octanol–water partition coefficient (Wildman–Crippen LogP) is 3.56. The third-order valence-electron chi connectivity index (χ3n) is 4.72. The van der Waals surface area contributed by atoms with Crippen LogP contribution in [0.1, 0.15) is 41.1 Å². The fourth-order valence-electron chi connectivity index (χ4n) is 3.34. The van der Waals surface area contributed by atoms with Gasteiger partial charge in [0.1, 0.15) is 5.82 Å². The molecule has 0 aliphatic carbocycles. The van der Waals surface area contributed by atoms with Gasteiger partial charge in [0.05, 0.1) is 5.56 Å². The average molecular weight is 323 g/mol. The van der Waals surface area contributed by atoms with E-state index in [4.69, 9.17) is 0 Å². The Labute approximate surface area is 144 Å². The number of nitrogens with zero attached hydrogens (tertiary/aromatic N) is 3. The first-order chi connectivity index (χ1) is 11.6. The van der Waals surface area contributed by atoms with E-state index in [1.165, 1.54) is 18.4 Å². The highest BCUT2D eigenvalue weighted by Crippen LogP contribution is 2.29. The molecule has 1 aromatic carbocycles. The minimum absolute atomic E-state index is 0.00550. The lowest BCUT2D eigenvalue weighted by Gasteiger charge is -2.22. The number of amides is 1. The van der Waals surface area contributed by atoms with Crippen molar-refractivity contribution in [1.82, 2.24) is 9.88 Å². The summed E-state index contributed by atoms with van der Waals surface area (Å²) in [6.45, 7) is 2.03. The summed E-state index contributed by atoms with van der Waals surface area (Å²) in [5, 5.41) is 0. The van der Waals surface area contributed by atoms with Crippen LogP contribution in [0.3, 0.4) is 0 Å². The maximum atomic E-state index is 12.0. The molecule has 1 saturated heterocycles. The summed E-state index contributed by atoms with van der Waals surface area (Å²) in [5.41, 5.74) is 2.08. The van der Waals surface area contributed by atoms with E-state index in [9.17, 15) is 4.79 Å². The van der Waals surface area contributed by atoms with Crippen molar-refractivity contribution in [2.24, 2.45) is 0 Å². The zero-order valence-electron chi connectivity index (χ0n) is 14.5. The summed E-state index contributed by atoms with van der Waals surface area (Å²) in [7, 11) is 3.52. The summed E-state index contributed by atoms with van der Waals surface area (Å²) in [5.74, 6) is 1.60. The van der Waals surface area contributed by atoms with Crippen molar-refractivity contribution in [3.63, 3.8) is 0 Å². The number of hydrogen-bond acceptors (Lipinski definition) is 3. The fraction of sp³-hybridized carbons (Fsp3) is 0.400. The van der Waals surface area contributed by atoms with Crippen LogP contribution in [0.5, 0.6) is 0 Å². The number of rotatable bonds is 3. The van der Waals surface area contributed by atoms with E-state index in [0.717, 1.165) is 25.3 Å². The van der Waals surface area contributed by atoms with Gasteiger partial charge in [-0.3, -0.25) is 4.79 Å². The largest absolute Gasteiger partial charge is 0.357 e. The van der Waals surface area contributed by atoms with Gasteiger partial charge in [0.2, 0.25) is 0 Å². The van der Waals surface area contributed by atoms with Crippen LogP contribution in [0.25, 0.3) is 0 Å². The molecule has 2 aromatic rings. The third kappa shape index (κ3) is 3.75. The van der Waals surface area contributed by atoms with Crippen LogP contribution in [0.2, 0.25) is 0 Å². The molecule has 3 rings (SSSR count). The second kappa shape index (κ2) is 7.47. The van der Waals surface area contributed by atoms with E-state index in [1.54, 1.807) is 25.2 Å². The number of hydrogen-bond donors (Lipinski definition) is 0. The molecule has 1 atom stereocenters. The molecule has 1 unspecified atom stereocenters. The Morgan fingerprint density at radius 2 is 1.88 bits per heavy atom. The molecule has 0 saturated carbocycles. The van der Waals surface area contributed by atoms with Gasteiger partial charge in [-0.05, 0) is 42.9 Å². The zero-order chi connectivity index (χ0) is 16.9. The maximum absolute atomic E-state index is 12.0. The van der Waals surface area contributed by atoms with Crippen LogP contribution in [0.4, 0.5) is 5.82 Å². The van der Waals surface area contributed by atoms with E-state index >= 15 is 0 Å². The summed E-state index contributed by atoms with van der Waals surface area (Å²) in [4.78, 5) is 20.4. The summed E-state index contributed by atoms with van der Waals surface area (Å²) in [6.07, 6.45) is 5.22. The Hall–Kier alpha value is -2.36. The normalized spacial score (nSPS) is 18.1. The predicted molar refractivity (Wildman–Crippen MR) is 97.5 cm³/mol. The quantitative estimate of drug-likeness (QED) is 0.866. The van der Waals surface area contributed by atoms with E-state index < -0.39 is 0 Å². The highest BCUT2D eigenvalue weighted by molar-refractivity contribution is 5.93. The van der Waals surface area contributed by atoms with Crippen molar-refractivity contribution >= 4 is 11.7 Å². The molecule has 126 valence electrons. The molecule has 1 aromatic heterocycles. The maximum Gasteiger partial charge on any atom is 0.254 e. The van der Waals surface area contributed by atoms with E-state index in [1.807, 2.05) is 12.1 Å². The lowest BCUT2D eigenvalue weighted by atomic mass is 9.92. The Kier molecular flexibility index (Phi) is 5.14. The molecule has 0 spiro atoms. The molecule has 1 amide bonds. The average Bonchev–Trinajstić information content (AvgIpc) is 2.88. The van der Waals surface area contributed by atoms with Gasteiger partial charge in [0.25, 0.3) is 5.91 Å². The number of benzene rings is 1. The number of aromatic nitrogens is 1. The molecule has 0 bridgehead atoms. The molecule has 4 heteroatoms. The lowest BCUT2D eigenvalue weighted by molar-refractivity contribution is 0.0827. The summed E-state index contributed by atoms with van der Waals surface area (Å²) >= 11 is 0. The first-order valence-electron chi connectivity index (χ1n) is 8.63. The van der Waals surface area contributed by atoms with Crippen molar-refractivity contribution in [2.45, 2.75) is 25.2 Å². The molecule has 2 heterocycles. The van der Waals surface area contributed by atoms with Gasteiger partial charge < -0.3 is 9.80 Å². The third-order valence-corrected chi connectivity index (χ3v) is 4.72. The zero-order valence-corrected chi connectivity index (χ0v) is 14.5. The van der Waals surface area contributed by atoms with Gasteiger partial charge in [-0.2, -0.15) is 0 Å². The van der Waals surface area contributed by atoms with Crippen LogP contribution in [0, 0.1) is 0 Å². The highest BCUT2D eigenvalue weighted by atomic mass is 16.2. The SMILES string of the molecule is CN(C)C(=O)c1ccc(N2CCCC(c3ccccc3)CC2)nc1. The van der Waals surface area contributed by atoms with E-state index in [0.29, 0.717) is 11.5 Å². The number of carbonyl (C=O) groups excluding carboxylic acids is 1. The Morgan fingerprint density at radius 3 is 2.54 bits per heavy atom. The van der Waals surface area contributed by atoms with Crippen molar-refractivity contribution < 1.29 is 4.79 Å². The molecular formula is C20H25N3O. The summed E-state index contributed by atoms with van der Waals surface area (Å²) in [6, 6.07) is 14.7. The fourth-order valence-corrected chi connectivity index (χ4v) is 3.34. The van der Waals surface area contributed by atoms with E-state index in [-0.39, 0.29) is 5.91 Å². The van der Waals surface area contributed by atoms with Gasteiger partial charge in [-0.1, -0.05) is 30.3 Å². The molecule has 0 N–H and O–H groups in total. The first-order valence-corrected chi connectivity index (χ1v) is 8.63. The smallest absolute Gasteiger partial charge is 0.254 e. The van der Waals surface area contributed by atoms with Gasteiger partial charge in [-0.25, -0.2) is 4.98 Å². The second-order valence-corrected chi connectivity index (χ2v) is 6.63. The molecule has 0 radical (unpaired) electrons. The van der Waals surface area contributed by atoms with Crippen LogP contribution in [-0.2, 0) is 0 Å². The topological polar surface area (TPSA) is 36.4 Å². The minimum atomic E-state index is -0.00550. The first kappa shape index (κ1) is 16.5. The van der Waals surface area contributed by atoms with Crippen molar-refractivity contribution in [2.75, 3.05) is 32.1 Å². The number of pyridine rings is 1. The highest BCUT2D eigenvalue weighted by Gasteiger charge is 2.19. The minimum Gasteiger partial charge on any atom is -0.357 e. The Balaban J connectivity index is 1.67. The van der Waals surface area contributed by atoms with Crippen LogP contribution in [-0.4, -0.2) is 43.0 Å². The van der Waals surface area contributed by atoms with E-state index in [2.05, 4.69) is 40.2 Å². The molecule has 1 aliphatic rings. The standard InChI is InChI=1S/C20H25N3O/c1-22(2)20(24)18-10-11-19(21-15-18)23-13-6-9-17(12-14-23)16-7-4-3-5-8-16/h3-5,7-8,10-11,15,17H,6,9,12-14H2,1-2H3. The molecule has 1 aliphatic heterocycles. The van der Waals surface area contributed by atoms with Crippen molar-refractivity contribution in [3.05, 3.63) is 59.8 Å². The number of carbonyl (C=O) groups is 1. The molecular weight excluding hydrogens is 298 g/mol. The number of anilines is 1.